The van der Waals surface area contributed by atoms with Crippen molar-refractivity contribution in [3.8, 4) is 5.75 Å². The molecule has 0 aromatic heterocycles. The van der Waals surface area contributed by atoms with Crippen LogP contribution in [0.25, 0.3) is 0 Å². The summed E-state index contributed by atoms with van der Waals surface area (Å²) in [6.45, 7) is 2.78. The molecular formula is C10H11N3O. The second-order valence-electron chi connectivity index (χ2n) is 3.55. The van der Waals surface area contributed by atoms with E-state index in [4.69, 9.17) is 4.74 Å². The lowest BCUT2D eigenvalue weighted by Gasteiger charge is -2.14. The Labute approximate surface area is 82.0 Å². The summed E-state index contributed by atoms with van der Waals surface area (Å²) in [7, 11) is 0. The molecule has 0 radical (unpaired) electrons. The SMILES string of the molecule is CC1Nc2ccc3c(c2N1)OC=NC3. The van der Waals surface area contributed by atoms with E-state index in [0.29, 0.717) is 6.54 Å². The molecule has 1 aromatic carbocycles. The van der Waals surface area contributed by atoms with Crippen LogP contribution in [0.5, 0.6) is 5.75 Å². The van der Waals surface area contributed by atoms with Crippen molar-refractivity contribution < 1.29 is 4.74 Å². The van der Waals surface area contributed by atoms with Gasteiger partial charge in [-0.2, -0.15) is 0 Å². The van der Waals surface area contributed by atoms with Crippen LogP contribution >= 0.6 is 0 Å². The second kappa shape index (κ2) is 2.64. The molecule has 1 aromatic rings. The summed E-state index contributed by atoms with van der Waals surface area (Å²) < 4.78 is 5.42. The van der Waals surface area contributed by atoms with E-state index in [9.17, 15) is 0 Å². The highest BCUT2D eigenvalue weighted by molar-refractivity contribution is 5.83. The fourth-order valence-corrected chi connectivity index (χ4v) is 1.86. The van der Waals surface area contributed by atoms with Crippen molar-refractivity contribution in [1.82, 2.24) is 0 Å². The normalized spacial score (nSPS) is 21.6. The number of nitrogens with zero attached hydrogens (tertiary/aromatic N) is 1. The molecule has 0 amide bonds. The van der Waals surface area contributed by atoms with Gasteiger partial charge in [-0.3, -0.25) is 4.99 Å². The van der Waals surface area contributed by atoms with Gasteiger partial charge in [-0.25, -0.2) is 0 Å². The molecule has 14 heavy (non-hydrogen) atoms. The topological polar surface area (TPSA) is 45.6 Å². The Kier molecular flexibility index (Phi) is 1.45. The minimum Gasteiger partial charge on any atom is -0.444 e. The second-order valence-corrected chi connectivity index (χ2v) is 3.55. The Morgan fingerprint density at radius 2 is 2.36 bits per heavy atom. The van der Waals surface area contributed by atoms with Gasteiger partial charge in [0, 0.05) is 5.56 Å². The number of hydrogen-bond donors (Lipinski definition) is 2. The fraction of sp³-hybridized carbons (Fsp3) is 0.300. The summed E-state index contributed by atoms with van der Waals surface area (Å²) in [5.41, 5.74) is 3.29. The zero-order chi connectivity index (χ0) is 9.54. The Bertz CT molecular complexity index is 414. The molecule has 2 aliphatic rings. The van der Waals surface area contributed by atoms with E-state index in [0.717, 1.165) is 22.7 Å². The molecule has 4 nitrogen and oxygen atoms in total. The van der Waals surface area contributed by atoms with Crippen molar-refractivity contribution in [2.24, 2.45) is 4.99 Å². The Morgan fingerprint density at radius 1 is 1.43 bits per heavy atom. The Balaban J connectivity index is 2.14. The Morgan fingerprint density at radius 3 is 3.29 bits per heavy atom. The molecule has 2 aliphatic heterocycles. The Hall–Kier alpha value is -1.71. The first-order valence-corrected chi connectivity index (χ1v) is 4.68. The monoisotopic (exact) mass is 189 g/mol. The zero-order valence-electron chi connectivity index (χ0n) is 7.87. The van der Waals surface area contributed by atoms with Crippen LogP contribution in [-0.4, -0.2) is 12.6 Å². The molecule has 0 saturated heterocycles. The summed E-state index contributed by atoms with van der Waals surface area (Å²) in [5, 5.41) is 6.64. The number of anilines is 2. The standard InChI is InChI=1S/C10H11N3O/c1-6-12-8-3-2-7-4-11-5-14-10(7)9(8)13-6/h2-3,5-6,12-13H,4H2,1H3. The van der Waals surface area contributed by atoms with Gasteiger partial charge in [0.1, 0.15) is 5.69 Å². The van der Waals surface area contributed by atoms with E-state index < -0.39 is 0 Å². The van der Waals surface area contributed by atoms with Crippen LogP contribution in [-0.2, 0) is 6.54 Å². The van der Waals surface area contributed by atoms with E-state index in [1.807, 2.05) is 0 Å². The van der Waals surface area contributed by atoms with Gasteiger partial charge in [0.15, 0.2) is 12.2 Å². The van der Waals surface area contributed by atoms with Crippen molar-refractivity contribution in [2.45, 2.75) is 19.6 Å². The summed E-state index contributed by atoms with van der Waals surface area (Å²) in [5.74, 6) is 0.911. The molecule has 3 rings (SSSR count). The first-order valence-electron chi connectivity index (χ1n) is 4.68. The molecule has 2 N–H and O–H groups in total. The van der Waals surface area contributed by atoms with Crippen LogP contribution in [0.1, 0.15) is 12.5 Å². The first kappa shape index (κ1) is 7.67. The highest BCUT2D eigenvalue weighted by atomic mass is 16.5. The summed E-state index contributed by atoms with van der Waals surface area (Å²) in [6.07, 6.45) is 1.77. The van der Waals surface area contributed by atoms with Gasteiger partial charge in [0.05, 0.1) is 18.4 Å². The number of nitrogens with one attached hydrogen (secondary N) is 2. The predicted octanol–water partition coefficient (Wildman–Crippen LogP) is 1.79. The number of rotatable bonds is 0. The lowest BCUT2D eigenvalue weighted by molar-refractivity contribution is 0.548. The van der Waals surface area contributed by atoms with E-state index in [-0.39, 0.29) is 6.17 Å². The highest BCUT2D eigenvalue weighted by Gasteiger charge is 2.23. The summed E-state index contributed by atoms with van der Waals surface area (Å²) in [4.78, 5) is 4.07. The number of aliphatic imine (C=N–C) groups is 1. The van der Waals surface area contributed by atoms with Crippen molar-refractivity contribution in [2.75, 3.05) is 10.6 Å². The number of ether oxygens (including phenoxy) is 1. The molecule has 1 unspecified atom stereocenters. The molecule has 2 heterocycles. The van der Waals surface area contributed by atoms with E-state index >= 15 is 0 Å². The molecule has 4 heteroatoms. The van der Waals surface area contributed by atoms with Crippen molar-refractivity contribution >= 4 is 17.8 Å². The third-order valence-corrected chi connectivity index (χ3v) is 2.48. The van der Waals surface area contributed by atoms with Gasteiger partial charge >= 0.3 is 0 Å². The molecule has 1 atom stereocenters. The molecule has 0 aliphatic carbocycles. The average molecular weight is 189 g/mol. The third-order valence-electron chi connectivity index (χ3n) is 2.48. The van der Waals surface area contributed by atoms with Crippen LogP contribution in [0.3, 0.4) is 0 Å². The van der Waals surface area contributed by atoms with Gasteiger partial charge in [-0.15, -0.1) is 0 Å². The van der Waals surface area contributed by atoms with Crippen LogP contribution in [0.4, 0.5) is 11.4 Å². The average Bonchev–Trinajstić information content (AvgIpc) is 2.59. The maximum Gasteiger partial charge on any atom is 0.177 e. The summed E-state index contributed by atoms with van der Waals surface area (Å²) in [6, 6.07) is 4.12. The van der Waals surface area contributed by atoms with Gasteiger partial charge < -0.3 is 15.4 Å². The van der Waals surface area contributed by atoms with Gasteiger partial charge in [-0.1, -0.05) is 6.07 Å². The smallest absolute Gasteiger partial charge is 0.177 e. The lowest BCUT2D eigenvalue weighted by atomic mass is 10.1. The molecule has 0 fully saturated rings. The van der Waals surface area contributed by atoms with Crippen molar-refractivity contribution in [3.63, 3.8) is 0 Å². The minimum atomic E-state index is 0.263. The number of benzene rings is 1. The van der Waals surface area contributed by atoms with E-state index in [1.54, 1.807) is 0 Å². The van der Waals surface area contributed by atoms with Crippen molar-refractivity contribution in [1.29, 1.82) is 0 Å². The number of hydrogen-bond acceptors (Lipinski definition) is 4. The summed E-state index contributed by atoms with van der Waals surface area (Å²) >= 11 is 0. The van der Waals surface area contributed by atoms with E-state index in [1.165, 1.54) is 6.40 Å². The van der Waals surface area contributed by atoms with Crippen LogP contribution < -0.4 is 15.4 Å². The van der Waals surface area contributed by atoms with Crippen molar-refractivity contribution in [3.05, 3.63) is 17.7 Å². The van der Waals surface area contributed by atoms with Crippen LogP contribution in [0.2, 0.25) is 0 Å². The van der Waals surface area contributed by atoms with Crippen LogP contribution in [0.15, 0.2) is 17.1 Å². The minimum absolute atomic E-state index is 0.263. The van der Waals surface area contributed by atoms with Gasteiger partial charge in [0.2, 0.25) is 0 Å². The maximum atomic E-state index is 5.42. The molecule has 72 valence electrons. The van der Waals surface area contributed by atoms with Gasteiger partial charge in [0.25, 0.3) is 0 Å². The lowest BCUT2D eigenvalue weighted by Crippen LogP contribution is -2.16. The first-order chi connectivity index (χ1) is 6.84. The van der Waals surface area contributed by atoms with Gasteiger partial charge in [-0.05, 0) is 13.0 Å². The fourth-order valence-electron chi connectivity index (χ4n) is 1.86. The quantitative estimate of drug-likeness (QED) is 0.654. The predicted molar refractivity (Wildman–Crippen MR) is 56.0 cm³/mol. The molecular weight excluding hydrogens is 178 g/mol. The molecule has 0 bridgehead atoms. The largest absolute Gasteiger partial charge is 0.444 e. The van der Waals surface area contributed by atoms with Crippen LogP contribution in [0, 0.1) is 0 Å². The zero-order valence-corrected chi connectivity index (χ0v) is 7.87. The third kappa shape index (κ3) is 0.968. The maximum absolute atomic E-state index is 5.42. The number of fused-ring (bicyclic) bond motifs is 3. The highest BCUT2D eigenvalue weighted by Crippen LogP contribution is 2.41. The van der Waals surface area contributed by atoms with E-state index in [2.05, 4.69) is 34.7 Å². The molecule has 0 saturated carbocycles. The molecule has 0 spiro atoms.